The number of ether oxygens (including phenoxy) is 1. The molecule has 1 aliphatic rings. The maximum Gasteiger partial charge on any atom is 0.270 e. The fourth-order valence-electron chi connectivity index (χ4n) is 2.76. The second-order valence-corrected chi connectivity index (χ2v) is 10.5. The van der Waals surface area contributed by atoms with Gasteiger partial charge in [0.2, 0.25) is 0 Å². The Balaban J connectivity index is 1.54. The lowest BCUT2D eigenvalue weighted by atomic mass is 10.2. The lowest BCUT2D eigenvalue weighted by Gasteiger charge is -2.15. The summed E-state index contributed by atoms with van der Waals surface area (Å²) >= 11 is 7.76. The number of methoxy groups -OCH3 is 1. The number of sulfonamides is 1. The highest BCUT2D eigenvalue weighted by Crippen LogP contribution is 2.36. The summed E-state index contributed by atoms with van der Waals surface area (Å²) in [6.07, 6.45) is 3.27. The van der Waals surface area contributed by atoms with E-state index < -0.39 is 10.0 Å². The Hall–Kier alpha value is -2.73. The van der Waals surface area contributed by atoms with Gasteiger partial charge in [-0.15, -0.1) is 11.3 Å². The second-order valence-electron chi connectivity index (χ2n) is 6.23. The highest BCUT2D eigenvalue weighted by molar-refractivity contribution is 8.27. The molecule has 1 amide bonds. The summed E-state index contributed by atoms with van der Waals surface area (Å²) in [4.78, 5) is 18.8. The molecule has 1 aliphatic heterocycles. The number of aromatic nitrogens is 1. The molecule has 0 bridgehead atoms. The lowest BCUT2D eigenvalue weighted by Crippen LogP contribution is -2.27. The number of anilines is 2. The molecule has 1 N–H and O–H groups in total. The average molecular weight is 490 g/mol. The average Bonchev–Trinajstić information content (AvgIpc) is 3.36. The van der Waals surface area contributed by atoms with Crippen molar-refractivity contribution in [2.24, 2.45) is 0 Å². The standard InChI is InChI=1S/C20H15N3O4S4/c1-27-15-6-2-13(3-7-15)12-17-18(24)23(20(28)30-17)14-4-8-16(9-5-14)31(25,26)22-19-21-10-11-29-19/h2-12H,1H3,(H,21,22). The van der Waals surface area contributed by atoms with Crippen molar-refractivity contribution in [1.82, 2.24) is 4.98 Å². The third kappa shape index (κ3) is 4.64. The van der Waals surface area contributed by atoms with Crippen LogP contribution in [0.25, 0.3) is 6.08 Å². The number of thiocarbonyl (C=S) groups is 1. The number of thiazole rings is 1. The molecular weight excluding hydrogens is 475 g/mol. The van der Waals surface area contributed by atoms with Gasteiger partial charge in [0.1, 0.15) is 5.75 Å². The molecule has 158 valence electrons. The quantitative estimate of drug-likeness (QED) is 0.407. The number of carbonyl (C=O) groups is 1. The summed E-state index contributed by atoms with van der Waals surface area (Å²) in [7, 11) is -2.18. The smallest absolute Gasteiger partial charge is 0.270 e. The maximum absolute atomic E-state index is 12.9. The summed E-state index contributed by atoms with van der Waals surface area (Å²) in [5, 5.41) is 1.96. The van der Waals surface area contributed by atoms with E-state index in [-0.39, 0.29) is 15.9 Å². The Morgan fingerprint density at radius 3 is 2.45 bits per heavy atom. The molecule has 1 saturated heterocycles. The van der Waals surface area contributed by atoms with E-state index in [1.54, 1.807) is 30.7 Å². The zero-order chi connectivity index (χ0) is 22.0. The van der Waals surface area contributed by atoms with E-state index >= 15 is 0 Å². The molecule has 31 heavy (non-hydrogen) atoms. The van der Waals surface area contributed by atoms with Crippen LogP contribution in [0.5, 0.6) is 5.75 Å². The molecule has 1 fully saturated rings. The number of amides is 1. The first-order chi connectivity index (χ1) is 14.9. The Morgan fingerprint density at radius 1 is 1.13 bits per heavy atom. The maximum atomic E-state index is 12.9. The number of nitrogens with one attached hydrogen (secondary N) is 1. The zero-order valence-corrected chi connectivity index (χ0v) is 19.3. The molecule has 0 radical (unpaired) electrons. The number of hydrogen-bond acceptors (Lipinski definition) is 8. The van der Waals surface area contributed by atoms with Crippen LogP contribution in [0.15, 0.2) is 69.9 Å². The monoisotopic (exact) mass is 489 g/mol. The van der Waals surface area contributed by atoms with Crippen LogP contribution < -0.4 is 14.4 Å². The first kappa shape index (κ1) is 21.5. The van der Waals surface area contributed by atoms with Crippen molar-refractivity contribution in [2.45, 2.75) is 4.90 Å². The molecule has 1 aromatic heterocycles. The summed E-state index contributed by atoms with van der Waals surface area (Å²) in [6, 6.07) is 13.3. The van der Waals surface area contributed by atoms with Crippen LogP contribution in [-0.2, 0) is 14.8 Å². The number of rotatable bonds is 6. The zero-order valence-electron chi connectivity index (χ0n) is 16.0. The van der Waals surface area contributed by atoms with Gasteiger partial charge in [-0.3, -0.25) is 14.4 Å². The summed E-state index contributed by atoms with van der Waals surface area (Å²) in [5.41, 5.74) is 1.34. The fraction of sp³-hybridized carbons (Fsp3) is 0.0500. The van der Waals surface area contributed by atoms with Crippen molar-refractivity contribution in [3.63, 3.8) is 0 Å². The van der Waals surface area contributed by atoms with Crippen molar-refractivity contribution in [3.05, 3.63) is 70.6 Å². The second kappa shape index (κ2) is 8.79. The fourth-order valence-corrected chi connectivity index (χ4v) is 5.85. The molecule has 4 rings (SSSR count). The topological polar surface area (TPSA) is 88.6 Å². The SMILES string of the molecule is COc1ccc(C=C2SC(=S)N(c3ccc(S(=O)(=O)Nc4nccs4)cc3)C2=O)cc1. The highest BCUT2D eigenvalue weighted by atomic mass is 32.2. The van der Waals surface area contributed by atoms with E-state index in [2.05, 4.69) is 9.71 Å². The minimum absolute atomic E-state index is 0.0608. The van der Waals surface area contributed by atoms with Crippen LogP contribution >= 0.6 is 35.3 Å². The number of carbonyl (C=O) groups excluding carboxylic acids is 1. The Labute approximate surface area is 192 Å². The van der Waals surface area contributed by atoms with E-state index in [1.165, 1.54) is 46.3 Å². The first-order valence-electron chi connectivity index (χ1n) is 8.82. The lowest BCUT2D eigenvalue weighted by molar-refractivity contribution is -0.113. The van der Waals surface area contributed by atoms with Gasteiger partial charge in [0.25, 0.3) is 15.9 Å². The van der Waals surface area contributed by atoms with Gasteiger partial charge in [-0.05, 0) is 48.0 Å². The van der Waals surface area contributed by atoms with Crippen molar-refractivity contribution in [2.75, 3.05) is 16.7 Å². The van der Waals surface area contributed by atoms with Crippen LogP contribution in [0.1, 0.15) is 5.56 Å². The molecule has 3 aromatic rings. The Morgan fingerprint density at radius 2 is 1.84 bits per heavy atom. The van der Waals surface area contributed by atoms with E-state index in [9.17, 15) is 13.2 Å². The van der Waals surface area contributed by atoms with Gasteiger partial charge >= 0.3 is 0 Å². The van der Waals surface area contributed by atoms with Crippen molar-refractivity contribution in [3.8, 4) is 5.75 Å². The largest absolute Gasteiger partial charge is 0.497 e. The molecule has 0 saturated carbocycles. The van der Waals surface area contributed by atoms with E-state index in [4.69, 9.17) is 17.0 Å². The summed E-state index contributed by atoms with van der Waals surface area (Å²) in [5.74, 6) is 0.464. The minimum atomic E-state index is -3.77. The first-order valence-corrected chi connectivity index (χ1v) is 12.4. The predicted molar refractivity (Wildman–Crippen MR) is 128 cm³/mol. The van der Waals surface area contributed by atoms with Crippen molar-refractivity contribution in [1.29, 1.82) is 0 Å². The highest BCUT2D eigenvalue weighted by Gasteiger charge is 2.33. The van der Waals surface area contributed by atoms with Crippen molar-refractivity contribution >= 4 is 72.5 Å². The van der Waals surface area contributed by atoms with Gasteiger partial charge in [-0.2, -0.15) is 0 Å². The van der Waals surface area contributed by atoms with Gasteiger partial charge in [0.05, 0.1) is 22.6 Å². The predicted octanol–water partition coefficient (Wildman–Crippen LogP) is 4.36. The number of nitrogens with zero attached hydrogens (tertiary/aromatic N) is 2. The molecule has 7 nitrogen and oxygen atoms in total. The van der Waals surface area contributed by atoms with Crippen LogP contribution in [0, 0.1) is 0 Å². The number of hydrogen-bond donors (Lipinski definition) is 1. The van der Waals surface area contributed by atoms with Gasteiger partial charge in [-0.25, -0.2) is 13.4 Å². The van der Waals surface area contributed by atoms with Crippen molar-refractivity contribution < 1.29 is 17.9 Å². The van der Waals surface area contributed by atoms with Crippen LogP contribution in [-0.4, -0.2) is 30.7 Å². The third-order valence-electron chi connectivity index (χ3n) is 4.27. The van der Waals surface area contributed by atoms with Gasteiger partial charge in [0, 0.05) is 11.6 Å². The number of benzene rings is 2. The molecule has 0 atom stereocenters. The molecule has 0 unspecified atom stereocenters. The Kier molecular flexibility index (Phi) is 6.10. The minimum Gasteiger partial charge on any atom is -0.497 e. The van der Waals surface area contributed by atoms with E-state index in [0.29, 0.717) is 14.9 Å². The van der Waals surface area contributed by atoms with Crippen LogP contribution in [0.2, 0.25) is 0 Å². The summed E-state index contributed by atoms with van der Waals surface area (Å²) < 4.78 is 32.9. The molecule has 11 heteroatoms. The molecule has 0 spiro atoms. The molecule has 2 aromatic carbocycles. The number of thioether (sulfide) groups is 1. The van der Waals surface area contributed by atoms with Gasteiger partial charge in [-0.1, -0.05) is 36.1 Å². The normalized spacial score (nSPS) is 15.5. The molecule has 2 heterocycles. The van der Waals surface area contributed by atoms with E-state index in [0.717, 1.165) is 11.3 Å². The molecular formula is C20H15N3O4S4. The summed E-state index contributed by atoms with van der Waals surface area (Å²) in [6.45, 7) is 0. The van der Waals surface area contributed by atoms with Crippen LogP contribution in [0.3, 0.4) is 0 Å². The molecule has 0 aliphatic carbocycles. The Bertz CT molecular complexity index is 1250. The van der Waals surface area contributed by atoms with Gasteiger partial charge in [0.15, 0.2) is 9.45 Å². The van der Waals surface area contributed by atoms with Crippen LogP contribution in [0.4, 0.5) is 10.8 Å². The van der Waals surface area contributed by atoms with E-state index in [1.807, 2.05) is 24.3 Å². The third-order valence-corrected chi connectivity index (χ3v) is 7.74. The van der Waals surface area contributed by atoms with Gasteiger partial charge < -0.3 is 4.74 Å².